The van der Waals surface area contributed by atoms with Crippen LogP contribution < -0.4 is 27.4 Å². The second-order valence-corrected chi connectivity index (χ2v) is 8.37. The number of aliphatic carboxylic acids is 1. The standard InChI is InChI=1S/C18H31N7O6/c1-18(2,3)9-22-14(29)11(7-13(27)28)23-12(26)8-25-15(30)10(24-17(25)31)5-4-6-21-16(19)20/h10-11H,4-9H2,1-3H3,(H,22,29)(H,23,26)(H,24,31)(H,27,28)(H4,19,20,21). The Morgan fingerprint density at radius 3 is 2.45 bits per heavy atom. The van der Waals surface area contributed by atoms with Gasteiger partial charge >= 0.3 is 12.0 Å². The van der Waals surface area contributed by atoms with Gasteiger partial charge in [0.05, 0.1) is 6.42 Å². The highest BCUT2D eigenvalue weighted by Gasteiger charge is 2.39. The number of aliphatic imine (C=N–C) groups is 1. The molecular weight excluding hydrogens is 410 g/mol. The highest BCUT2D eigenvalue weighted by Crippen LogP contribution is 2.12. The minimum Gasteiger partial charge on any atom is -0.481 e. The van der Waals surface area contributed by atoms with Gasteiger partial charge in [-0.25, -0.2) is 4.79 Å². The Balaban J connectivity index is 2.66. The lowest BCUT2D eigenvalue weighted by atomic mass is 9.97. The number of carboxylic acid groups (broad SMARTS) is 1. The summed E-state index contributed by atoms with van der Waals surface area (Å²) in [7, 11) is 0. The molecule has 0 spiro atoms. The molecule has 13 heteroatoms. The normalized spacial score (nSPS) is 17.0. The third kappa shape index (κ3) is 9.31. The molecule has 2 atom stereocenters. The molecule has 1 saturated heterocycles. The number of carboxylic acids is 1. The number of guanidine groups is 1. The van der Waals surface area contributed by atoms with Crippen LogP contribution >= 0.6 is 0 Å². The van der Waals surface area contributed by atoms with Crippen LogP contribution in [0.25, 0.3) is 0 Å². The summed E-state index contributed by atoms with van der Waals surface area (Å²) in [6, 6.07) is -2.91. The number of nitrogens with one attached hydrogen (secondary N) is 3. The summed E-state index contributed by atoms with van der Waals surface area (Å²) < 4.78 is 0. The van der Waals surface area contributed by atoms with Crippen LogP contribution in [-0.4, -0.2) is 77.4 Å². The van der Waals surface area contributed by atoms with E-state index in [1.54, 1.807) is 0 Å². The minimum atomic E-state index is -1.34. The van der Waals surface area contributed by atoms with E-state index in [1.807, 2.05) is 20.8 Å². The van der Waals surface area contributed by atoms with Crippen molar-refractivity contribution in [2.75, 3.05) is 19.6 Å². The number of carbonyl (C=O) groups excluding carboxylic acids is 4. The first kappa shape index (κ1) is 25.7. The molecule has 0 aromatic carbocycles. The topological polar surface area (TPSA) is 209 Å². The van der Waals surface area contributed by atoms with E-state index < -0.39 is 54.8 Å². The van der Waals surface area contributed by atoms with E-state index >= 15 is 0 Å². The van der Waals surface area contributed by atoms with Crippen molar-refractivity contribution in [1.82, 2.24) is 20.9 Å². The van der Waals surface area contributed by atoms with E-state index in [0.717, 1.165) is 0 Å². The number of urea groups is 1. The van der Waals surface area contributed by atoms with Gasteiger partial charge in [-0.05, 0) is 18.3 Å². The molecule has 0 aliphatic carbocycles. The predicted octanol–water partition coefficient (Wildman–Crippen LogP) is -1.92. The van der Waals surface area contributed by atoms with Crippen LogP contribution in [0.15, 0.2) is 4.99 Å². The lowest BCUT2D eigenvalue weighted by Crippen LogP contribution is -2.52. The van der Waals surface area contributed by atoms with Gasteiger partial charge in [-0.2, -0.15) is 0 Å². The SMILES string of the molecule is CC(C)(C)CNC(=O)C(CC(=O)O)NC(=O)CN1C(=O)NC(CCCN=C(N)N)C1=O. The molecule has 1 fully saturated rings. The number of rotatable bonds is 11. The van der Waals surface area contributed by atoms with Gasteiger partial charge in [0.15, 0.2) is 5.96 Å². The summed E-state index contributed by atoms with van der Waals surface area (Å²) in [6.45, 7) is 5.54. The van der Waals surface area contributed by atoms with Crippen LogP contribution in [0.2, 0.25) is 0 Å². The quantitative estimate of drug-likeness (QED) is 0.0919. The molecule has 0 aromatic heterocycles. The van der Waals surface area contributed by atoms with Gasteiger partial charge in [-0.1, -0.05) is 20.8 Å². The molecule has 1 aliphatic rings. The maximum Gasteiger partial charge on any atom is 0.325 e. The summed E-state index contributed by atoms with van der Waals surface area (Å²) in [6.07, 6.45) is 0.0643. The zero-order valence-electron chi connectivity index (χ0n) is 17.9. The first-order chi connectivity index (χ1) is 14.3. The molecule has 0 bridgehead atoms. The van der Waals surface area contributed by atoms with Crippen molar-refractivity contribution in [3.05, 3.63) is 0 Å². The highest BCUT2D eigenvalue weighted by molar-refractivity contribution is 6.06. The average Bonchev–Trinajstić information content (AvgIpc) is 2.89. The maximum atomic E-state index is 12.4. The Morgan fingerprint density at radius 1 is 1.26 bits per heavy atom. The highest BCUT2D eigenvalue weighted by atomic mass is 16.4. The van der Waals surface area contributed by atoms with Gasteiger partial charge in [0.1, 0.15) is 18.6 Å². The molecular formula is C18H31N7O6. The van der Waals surface area contributed by atoms with Crippen molar-refractivity contribution >= 4 is 35.7 Å². The summed E-state index contributed by atoms with van der Waals surface area (Å²) in [5.74, 6) is -3.46. The molecule has 31 heavy (non-hydrogen) atoms. The van der Waals surface area contributed by atoms with Crippen molar-refractivity contribution in [3.63, 3.8) is 0 Å². The van der Waals surface area contributed by atoms with Gasteiger partial charge in [-0.3, -0.25) is 29.1 Å². The minimum absolute atomic E-state index is 0.0810. The van der Waals surface area contributed by atoms with Gasteiger partial charge in [0.25, 0.3) is 5.91 Å². The van der Waals surface area contributed by atoms with Crippen LogP contribution in [0.4, 0.5) is 4.79 Å². The molecule has 174 valence electrons. The molecule has 1 heterocycles. The van der Waals surface area contributed by atoms with Crippen LogP contribution in [0.1, 0.15) is 40.0 Å². The van der Waals surface area contributed by atoms with Crippen LogP contribution in [0, 0.1) is 5.41 Å². The second-order valence-electron chi connectivity index (χ2n) is 8.37. The van der Waals surface area contributed by atoms with Crippen LogP contribution in [0.3, 0.4) is 0 Å². The number of imide groups is 1. The number of nitrogens with two attached hydrogens (primary N) is 2. The Bertz CT molecular complexity index is 742. The van der Waals surface area contributed by atoms with Crippen molar-refractivity contribution in [2.45, 2.75) is 52.1 Å². The number of hydrogen-bond donors (Lipinski definition) is 6. The fourth-order valence-electron chi connectivity index (χ4n) is 2.67. The predicted molar refractivity (Wildman–Crippen MR) is 111 cm³/mol. The van der Waals surface area contributed by atoms with Crippen LogP contribution in [-0.2, 0) is 19.2 Å². The van der Waals surface area contributed by atoms with Crippen molar-refractivity contribution in [2.24, 2.45) is 21.9 Å². The Hall–Kier alpha value is -3.38. The molecule has 5 amide bonds. The van der Waals surface area contributed by atoms with Crippen molar-refractivity contribution < 1.29 is 29.1 Å². The van der Waals surface area contributed by atoms with E-state index in [1.165, 1.54) is 0 Å². The van der Waals surface area contributed by atoms with Crippen molar-refractivity contribution in [3.8, 4) is 0 Å². The van der Waals surface area contributed by atoms with E-state index in [2.05, 4.69) is 20.9 Å². The lowest BCUT2D eigenvalue weighted by Gasteiger charge is -2.22. The molecule has 8 N–H and O–H groups in total. The van der Waals surface area contributed by atoms with Gasteiger partial charge in [-0.15, -0.1) is 0 Å². The average molecular weight is 441 g/mol. The number of amides is 5. The monoisotopic (exact) mass is 441 g/mol. The number of carbonyl (C=O) groups is 5. The summed E-state index contributed by atoms with van der Waals surface area (Å²) >= 11 is 0. The van der Waals surface area contributed by atoms with E-state index in [9.17, 15) is 24.0 Å². The molecule has 13 nitrogen and oxygen atoms in total. The Kier molecular flexibility index (Phi) is 9.21. The maximum absolute atomic E-state index is 12.4. The van der Waals surface area contributed by atoms with E-state index in [-0.39, 0.29) is 30.9 Å². The first-order valence-corrected chi connectivity index (χ1v) is 9.76. The van der Waals surface area contributed by atoms with E-state index in [4.69, 9.17) is 16.6 Å². The second kappa shape index (κ2) is 11.1. The Morgan fingerprint density at radius 2 is 1.90 bits per heavy atom. The van der Waals surface area contributed by atoms with Gasteiger partial charge < -0.3 is 32.5 Å². The van der Waals surface area contributed by atoms with Gasteiger partial charge in [0.2, 0.25) is 11.8 Å². The fourth-order valence-corrected chi connectivity index (χ4v) is 2.67. The third-order valence-corrected chi connectivity index (χ3v) is 4.18. The van der Waals surface area contributed by atoms with Crippen LogP contribution in [0.5, 0.6) is 0 Å². The first-order valence-electron chi connectivity index (χ1n) is 9.76. The largest absolute Gasteiger partial charge is 0.481 e. The van der Waals surface area contributed by atoms with Gasteiger partial charge in [0, 0.05) is 13.1 Å². The number of hydrogen-bond acceptors (Lipinski definition) is 6. The fraction of sp³-hybridized carbons (Fsp3) is 0.667. The molecule has 1 rings (SSSR count). The zero-order chi connectivity index (χ0) is 23.8. The molecule has 0 saturated carbocycles. The van der Waals surface area contributed by atoms with E-state index in [0.29, 0.717) is 11.3 Å². The number of nitrogens with zero attached hydrogens (tertiary/aromatic N) is 2. The molecule has 2 unspecified atom stereocenters. The zero-order valence-corrected chi connectivity index (χ0v) is 17.9. The summed E-state index contributed by atoms with van der Waals surface area (Å²) in [5, 5.41) is 16.4. The lowest BCUT2D eigenvalue weighted by molar-refractivity contribution is -0.141. The molecule has 0 radical (unpaired) electrons. The third-order valence-electron chi connectivity index (χ3n) is 4.18. The summed E-state index contributed by atoms with van der Waals surface area (Å²) in [5.41, 5.74) is 10.2. The Labute approximate surface area is 180 Å². The smallest absolute Gasteiger partial charge is 0.325 e. The summed E-state index contributed by atoms with van der Waals surface area (Å²) in [4.78, 5) is 64.6. The molecule has 1 aliphatic heterocycles. The van der Waals surface area contributed by atoms with Crippen molar-refractivity contribution in [1.29, 1.82) is 0 Å². The molecule has 0 aromatic rings.